The smallest absolute Gasteiger partial charge is 0.246 e. The van der Waals surface area contributed by atoms with E-state index >= 15 is 0 Å². The van der Waals surface area contributed by atoms with Crippen molar-refractivity contribution >= 4 is 15.8 Å². The number of H-pyrrole nitrogens is 1. The summed E-state index contributed by atoms with van der Waals surface area (Å²) in [7, 11) is -3.53. The van der Waals surface area contributed by atoms with Gasteiger partial charge in [-0.2, -0.15) is 9.40 Å². The molecule has 0 saturated carbocycles. The Balaban J connectivity index is 2.03. The maximum atomic E-state index is 12.8. The summed E-state index contributed by atoms with van der Waals surface area (Å²) in [5.41, 5.74) is 0.689. The molecular weight excluding hydrogens is 316 g/mol. The van der Waals surface area contributed by atoms with Gasteiger partial charge in [0.25, 0.3) is 0 Å². The maximum absolute atomic E-state index is 12.8. The van der Waals surface area contributed by atoms with E-state index in [-0.39, 0.29) is 16.1 Å². The molecule has 0 bridgehead atoms. The fourth-order valence-electron chi connectivity index (χ4n) is 2.62. The highest BCUT2D eigenvalue weighted by Crippen LogP contribution is 2.23. The zero-order chi connectivity index (χ0) is 17.4. The first-order valence-corrected chi connectivity index (χ1v) is 9.25. The fourth-order valence-corrected chi connectivity index (χ4v) is 4.37. The zero-order valence-electron chi connectivity index (χ0n) is 14.5. The van der Waals surface area contributed by atoms with Crippen LogP contribution in [0.4, 0.5) is 0 Å². The van der Waals surface area contributed by atoms with Gasteiger partial charge in [0.1, 0.15) is 4.90 Å². The molecular formula is C15H26N4O3S. The van der Waals surface area contributed by atoms with Crippen LogP contribution in [0.3, 0.4) is 0 Å². The number of nitrogens with one attached hydrogen (secondary N) is 1. The van der Waals surface area contributed by atoms with Crippen LogP contribution in [0.2, 0.25) is 0 Å². The van der Waals surface area contributed by atoms with E-state index in [0.717, 1.165) is 0 Å². The maximum Gasteiger partial charge on any atom is 0.246 e. The standard InChI is InChI=1S/C15H26N4O3S/c1-11-14(12(2)17-16-11)23(21,22)19-8-6-18(7-9-19)10-13(20)15(3,4)5/h6-10H2,1-5H3,(H,16,17). The first-order valence-electron chi connectivity index (χ1n) is 7.81. The van der Waals surface area contributed by atoms with Gasteiger partial charge >= 0.3 is 0 Å². The van der Waals surface area contributed by atoms with Crippen LogP contribution in [-0.2, 0) is 14.8 Å². The SMILES string of the molecule is Cc1n[nH]c(C)c1S(=O)(=O)N1CCN(CC(=O)C(C)(C)C)CC1. The van der Waals surface area contributed by atoms with Crippen molar-refractivity contribution in [2.75, 3.05) is 32.7 Å². The number of ketones is 1. The predicted octanol–water partition coefficient (Wildman–Crippen LogP) is 0.948. The van der Waals surface area contributed by atoms with Crippen LogP contribution in [0.25, 0.3) is 0 Å². The second kappa shape index (κ2) is 6.33. The Bertz CT molecular complexity index is 661. The Labute approximate surface area is 138 Å². The first-order chi connectivity index (χ1) is 10.5. The molecule has 8 heteroatoms. The van der Waals surface area contributed by atoms with Crippen LogP contribution in [0.15, 0.2) is 4.90 Å². The van der Waals surface area contributed by atoms with E-state index in [1.54, 1.807) is 13.8 Å². The van der Waals surface area contributed by atoms with Gasteiger partial charge in [0, 0.05) is 31.6 Å². The van der Waals surface area contributed by atoms with Crippen LogP contribution in [0, 0.1) is 19.3 Å². The zero-order valence-corrected chi connectivity index (χ0v) is 15.3. The van der Waals surface area contributed by atoms with Gasteiger partial charge in [0.15, 0.2) is 5.78 Å². The summed E-state index contributed by atoms with van der Waals surface area (Å²) in [6, 6.07) is 0. The van der Waals surface area contributed by atoms with Crippen molar-refractivity contribution in [3.63, 3.8) is 0 Å². The molecule has 0 aliphatic carbocycles. The molecule has 1 aliphatic rings. The van der Waals surface area contributed by atoms with Crippen molar-refractivity contribution in [1.29, 1.82) is 0 Å². The van der Waals surface area contributed by atoms with Gasteiger partial charge in [0.2, 0.25) is 10.0 Å². The number of carbonyl (C=O) groups is 1. The van der Waals surface area contributed by atoms with Crippen LogP contribution in [0.1, 0.15) is 32.2 Å². The average molecular weight is 342 g/mol. The van der Waals surface area contributed by atoms with E-state index in [0.29, 0.717) is 44.1 Å². The molecule has 0 spiro atoms. The number of aromatic amines is 1. The van der Waals surface area contributed by atoms with Crippen molar-refractivity contribution in [3.05, 3.63) is 11.4 Å². The van der Waals surface area contributed by atoms with Gasteiger partial charge in [-0.1, -0.05) is 20.8 Å². The molecule has 1 N–H and O–H groups in total. The molecule has 1 saturated heterocycles. The van der Waals surface area contributed by atoms with Gasteiger partial charge in [-0.25, -0.2) is 8.42 Å². The summed E-state index contributed by atoms with van der Waals surface area (Å²) in [6.45, 7) is 11.4. The average Bonchev–Trinajstić information content (AvgIpc) is 2.78. The van der Waals surface area contributed by atoms with Gasteiger partial charge in [0.05, 0.1) is 17.9 Å². The van der Waals surface area contributed by atoms with E-state index < -0.39 is 10.0 Å². The molecule has 0 amide bonds. The summed E-state index contributed by atoms with van der Waals surface area (Å²) in [4.78, 5) is 14.4. The van der Waals surface area contributed by atoms with Crippen molar-refractivity contribution in [3.8, 4) is 0 Å². The Kier molecular flexibility index (Phi) is 4.98. The van der Waals surface area contributed by atoms with E-state index in [1.165, 1.54) is 4.31 Å². The topological polar surface area (TPSA) is 86.4 Å². The minimum atomic E-state index is -3.53. The first kappa shape index (κ1) is 18.1. The van der Waals surface area contributed by atoms with Crippen LogP contribution >= 0.6 is 0 Å². The third kappa shape index (κ3) is 3.81. The summed E-state index contributed by atoms with van der Waals surface area (Å²) in [6.07, 6.45) is 0. The van der Waals surface area contributed by atoms with Gasteiger partial charge in [-0.05, 0) is 13.8 Å². The number of rotatable bonds is 4. The molecule has 0 atom stereocenters. The second-order valence-electron chi connectivity index (χ2n) is 7.12. The lowest BCUT2D eigenvalue weighted by atomic mass is 9.90. The Morgan fingerprint density at radius 3 is 2.17 bits per heavy atom. The number of hydrogen-bond acceptors (Lipinski definition) is 5. The van der Waals surface area contributed by atoms with E-state index in [2.05, 4.69) is 10.2 Å². The molecule has 0 unspecified atom stereocenters. The summed E-state index contributed by atoms with van der Waals surface area (Å²) < 4.78 is 27.0. The van der Waals surface area contributed by atoms with Crippen LogP contribution in [0.5, 0.6) is 0 Å². The number of Topliss-reactive ketones (excluding diaryl/α,β-unsaturated/α-hetero) is 1. The number of carbonyl (C=O) groups excluding carboxylic acids is 1. The normalized spacial score (nSPS) is 18.3. The molecule has 1 aliphatic heterocycles. The summed E-state index contributed by atoms with van der Waals surface area (Å²) >= 11 is 0. The molecule has 1 fully saturated rings. The molecule has 0 radical (unpaired) electrons. The number of sulfonamides is 1. The van der Waals surface area contributed by atoms with Crippen molar-refractivity contribution < 1.29 is 13.2 Å². The highest BCUT2D eigenvalue weighted by atomic mass is 32.2. The largest absolute Gasteiger partial charge is 0.298 e. The van der Waals surface area contributed by atoms with Crippen molar-refractivity contribution in [2.24, 2.45) is 5.41 Å². The van der Waals surface area contributed by atoms with Gasteiger partial charge in [-0.3, -0.25) is 14.8 Å². The summed E-state index contributed by atoms with van der Waals surface area (Å²) in [5, 5.41) is 6.70. The van der Waals surface area contributed by atoms with Gasteiger partial charge < -0.3 is 0 Å². The Hall–Kier alpha value is -1.25. The molecule has 2 rings (SSSR count). The second-order valence-corrected chi connectivity index (χ2v) is 8.99. The molecule has 1 aromatic rings. The lowest BCUT2D eigenvalue weighted by Crippen LogP contribution is -2.50. The van der Waals surface area contributed by atoms with E-state index in [9.17, 15) is 13.2 Å². The highest BCUT2D eigenvalue weighted by Gasteiger charge is 2.33. The monoisotopic (exact) mass is 342 g/mol. The third-order valence-corrected chi connectivity index (χ3v) is 6.36. The van der Waals surface area contributed by atoms with Gasteiger partial charge in [-0.15, -0.1) is 0 Å². The quantitative estimate of drug-likeness (QED) is 0.880. The van der Waals surface area contributed by atoms with Crippen molar-refractivity contribution in [2.45, 2.75) is 39.5 Å². The number of aryl methyl sites for hydroxylation is 2. The molecule has 0 aromatic carbocycles. The minimum absolute atomic E-state index is 0.176. The number of aromatic nitrogens is 2. The third-order valence-electron chi connectivity index (χ3n) is 4.19. The molecule has 130 valence electrons. The van der Waals surface area contributed by atoms with Crippen LogP contribution < -0.4 is 0 Å². The number of nitrogens with zero attached hydrogens (tertiary/aromatic N) is 3. The molecule has 23 heavy (non-hydrogen) atoms. The van der Waals surface area contributed by atoms with E-state index in [4.69, 9.17) is 0 Å². The molecule has 2 heterocycles. The lowest BCUT2D eigenvalue weighted by molar-refractivity contribution is -0.127. The Morgan fingerprint density at radius 1 is 1.17 bits per heavy atom. The van der Waals surface area contributed by atoms with E-state index in [1.807, 2.05) is 25.7 Å². The number of hydrogen-bond donors (Lipinski definition) is 1. The van der Waals surface area contributed by atoms with Crippen LogP contribution in [-0.4, -0.2) is 66.3 Å². The number of piperazine rings is 1. The fraction of sp³-hybridized carbons (Fsp3) is 0.733. The predicted molar refractivity (Wildman–Crippen MR) is 87.7 cm³/mol. The summed E-state index contributed by atoms with van der Waals surface area (Å²) in [5.74, 6) is 0.176. The highest BCUT2D eigenvalue weighted by molar-refractivity contribution is 7.89. The molecule has 1 aromatic heterocycles. The minimum Gasteiger partial charge on any atom is -0.298 e. The Morgan fingerprint density at radius 2 is 1.74 bits per heavy atom. The molecule has 7 nitrogen and oxygen atoms in total. The van der Waals surface area contributed by atoms with Crippen molar-refractivity contribution in [1.82, 2.24) is 19.4 Å². The lowest BCUT2D eigenvalue weighted by Gasteiger charge is -2.34.